The molecule has 0 aliphatic carbocycles. The SMILES string of the molecule is OC1CN=C(Cc2ccc3c(c2)Nc2nccnc2S3)NC1. The molecule has 3 N–H and O–H groups in total. The van der Waals surface area contributed by atoms with Crippen molar-refractivity contribution in [3.63, 3.8) is 0 Å². The lowest BCUT2D eigenvalue weighted by Crippen LogP contribution is -2.39. The Balaban J connectivity index is 1.56. The second-order valence-electron chi connectivity index (χ2n) is 5.27. The van der Waals surface area contributed by atoms with Gasteiger partial charge in [0.15, 0.2) is 5.82 Å². The van der Waals surface area contributed by atoms with Crippen molar-refractivity contribution in [1.82, 2.24) is 15.3 Å². The first kappa shape index (κ1) is 13.5. The van der Waals surface area contributed by atoms with Gasteiger partial charge in [-0.15, -0.1) is 0 Å². The molecule has 1 aromatic heterocycles. The quantitative estimate of drug-likeness (QED) is 0.666. The van der Waals surface area contributed by atoms with Crippen LogP contribution >= 0.6 is 11.8 Å². The summed E-state index contributed by atoms with van der Waals surface area (Å²) < 4.78 is 0. The molecule has 0 amide bonds. The van der Waals surface area contributed by atoms with Gasteiger partial charge >= 0.3 is 0 Å². The van der Waals surface area contributed by atoms with Crippen molar-refractivity contribution in [2.75, 3.05) is 18.4 Å². The predicted octanol–water partition coefficient (Wildman–Crippen LogP) is 1.59. The number of amidine groups is 1. The fourth-order valence-electron chi connectivity index (χ4n) is 2.47. The Morgan fingerprint density at radius 2 is 2.18 bits per heavy atom. The molecule has 0 bridgehead atoms. The second-order valence-corrected chi connectivity index (χ2v) is 6.30. The van der Waals surface area contributed by atoms with Gasteiger partial charge in [0, 0.05) is 30.3 Å². The van der Waals surface area contributed by atoms with Crippen molar-refractivity contribution in [2.24, 2.45) is 4.99 Å². The van der Waals surface area contributed by atoms with Crippen molar-refractivity contribution in [2.45, 2.75) is 22.4 Å². The smallest absolute Gasteiger partial charge is 0.163 e. The second kappa shape index (κ2) is 5.58. The van der Waals surface area contributed by atoms with Gasteiger partial charge in [0.05, 0.1) is 18.3 Å². The number of hydrogen-bond donors (Lipinski definition) is 3. The van der Waals surface area contributed by atoms with Crippen LogP contribution in [0.25, 0.3) is 0 Å². The molecule has 0 spiro atoms. The number of anilines is 2. The van der Waals surface area contributed by atoms with Gasteiger partial charge in [0.1, 0.15) is 10.9 Å². The lowest BCUT2D eigenvalue weighted by atomic mass is 10.1. The van der Waals surface area contributed by atoms with Crippen LogP contribution in [0.4, 0.5) is 11.5 Å². The lowest BCUT2D eigenvalue weighted by Gasteiger charge is -2.21. The average molecular weight is 313 g/mol. The molecule has 1 aromatic carbocycles. The number of benzene rings is 1. The molecule has 22 heavy (non-hydrogen) atoms. The summed E-state index contributed by atoms with van der Waals surface area (Å²) in [5.41, 5.74) is 2.22. The molecule has 112 valence electrons. The molecule has 0 radical (unpaired) electrons. The predicted molar refractivity (Wildman–Crippen MR) is 85.9 cm³/mol. The van der Waals surface area contributed by atoms with Gasteiger partial charge in [0.25, 0.3) is 0 Å². The summed E-state index contributed by atoms with van der Waals surface area (Å²) in [5.74, 6) is 1.72. The molecule has 7 heteroatoms. The van der Waals surface area contributed by atoms with E-state index in [4.69, 9.17) is 0 Å². The summed E-state index contributed by atoms with van der Waals surface area (Å²) in [7, 11) is 0. The first-order valence-corrected chi connectivity index (χ1v) is 7.93. The van der Waals surface area contributed by atoms with E-state index in [0.717, 1.165) is 33.7 Å². The van der Waals surface area contributed by atoms with Crippen LogP contribution in [0.2, 0.25) is 0 Å². The van der Waals surface area contributed by atoms with E-state index >= 15 is 0 Å². The van der Waals surface area contributed by atoms with Crippen LogP contribution in [0.5, 0.6) is 0 Å². The van der Waals surface area contributed by atoms with Crippen LogP contribution in [-0.4, -0.2) is 40.1 Å². The van der Waals surface area contributed by atoms with E-state index in [0.29, 0.717) is 13.1 Å². The maximum atomic E-state index is 9.45. The van der Waals surface area contributed by atoms with E-state index in [1.165, 1.54) is 5.56 Å². The van der Waals surface area contributed by atoms with E-state index in [1.807, 2.05) is 0 Å². The fourth-order valence-corrected chi connectivity index (χ4v) is 3.35. The highest BCUT2D eigenvalue weighted by molar-refractivity contribution is 7.99. The van der Waals surface area contributed by atoms with Gasteiger partial charge in [-0.2, -0.15) is 0 Å². The number of rotatable bonds is 2. The van der Waals surface area contributed by atoms with Gasteiger partial charge in [-0.3, -0.25) is 4.99 Å². The fraction of sp³-hybridized carbons (Fsp3) is 0.267. The standard InChI is InChI=1S/C15H15N5OS/c21-10-7-18-13(19-8-10)6-9-1-2-12-11(5-9)20-14-15(22-12)17-4-3-16-14/h1-5,10,21H,6-8H2,(H,16,20)(H,18,19). The number of β-amino-alcohol motifs (C(OH)–C–C–N with tert-alkyl or cyclic N) is 1. The molecule has 2 aliphatic heterocycles. The molecule has 0 saturated heterocycles. The van der Waals surface area contributed by atoms with Crippen LogP contribution in [-0.2, 0) is 6.42 Å². The van der Waals surface area contributed by atoms with Crippen LogP contribution in [0, 0.1) is 0 Å². The number of aromatic nitrogens is 2. The van der Waals surface area contributed by atoms with Gasteiger partial charge in [-0.05, 0) is 17.7 Å². The zero-order valence-electron chi connectivity index (χ0n) is 11.8. The number of nitrogens with one attached hydrogen (secondary N) is 2. The summed E-state index contributed by atoms with van der Waals surface area (Å²) in [6, 6.07) is 6.32. The Morgan fingerprint density at radius 1 is 1.27 bits per heavy atom. The van der Waals surface area contributed by atoms with Crippen molar-refractivity contribution in [3.8, 4) is 0 Å². The maximum absolute atomic E-state index is 9.45. The monoisotopic (exact) mass is 313 g/mol. The topological polar surface area (TPSA) is 82.4 Å². The molecule has 2 aromatic rings. The van der Waals surface area contributed by atoms with Crippen molar-refractivity contribution in [1.29, 1.82) is 0 Å². The number of hydrogen-bond acceptors (Lipinski definition) is 7. The number of aliphatic imine (C=N–C) groups is 1. The molecule has 2 aliphatic rings. The zero-order valence-corrected chi connectivity index (χ0v) is 12.6. The number of fused-ring (bicyclic) bond motifs is 2. The minimum absolute atomic E-state index is 0.375. The van der Waals surface area contributed by atoms with Crippen LogP contribution < -0.4 is 10.6 Å². The van der Waals surface area contributed by atoms with E-state index in [2.05, 4.69) is 43.8 Å². The van der Waals surface area contributed by atoms with Gasteiger partial charge in [-0.1, -0.05) is 17.8 Å². The van der Waals surface area contributed by atoms with Gasteiger partial charge < -0.3 is 15.7 Å². The largest absolute Gasteiger partial charge is 0.389 e. The minimum Gasteiger partial charge on any atom is -0.389 e. The van der Waals surface area contributed by atoms with Gasteiger partial charge in [-0.25, -0.2) is 9.97 Å². The van der Waals surface area contributed by atoms with Crippen molar-refractivity contribution in [3.05, 3.63) is 36.2 Å². The first-order valence-electron chi connectivity index (χ1n) is 7.12. The Morgan fingerprint density at radius 3 is 3.05 bits per heavy atom. The molecule has 6 nitrogen and oxygen atoms in total. The molecule has 1 unspecified atom stereocenters. The first-order chi connectivity index (χ1) is 10.8. The molecule has 0 saturated carbocycles. The number of aliphatic hydroxyl groups excluding tert-OH is 1. The molecule has 0 fully saturated rings. The highest BCUT2D eigenvalue weighted by Gasteiger charge is 2.18. The molecular formula is C15H15N5OS. The van der Waals surface area contributed by atoms with Crippen molar-refractivity contribution < 1.29 is 5.11 Å². The summed E-state index contributed by atoms with van der Waals surface area (Å²) in [5, 5.41) is 16.8. The number of nitrogens with zero attached hydrogens (tertiary/aromatic N) is 3. The molecule has 4 rings (SSSR count). The third-order valence-corrected chi connectivity index (χ3v) is 4.64. The normalized spacial score (nSPS) is 19.3. The van der Waals surface area contributed by atoms with Crippen molar-refractivity contribution >= 4 is 29.1 Å². The summed E-state index contributed by atoms with van der Waals surface area (Å²) >= 11 is 1.62. The minimum atomic E-state index is -0.375. The van der Waals surface area contributed by atoms with E-state index in [9.17, 15) is 5.11 Å². The van der Waals surface area contributed by atoms with E-state index < -0.39 is 0 Å². The highest BCUT2D eigenvalue weighted by atomic mass is 32.2. The third kappa shape index (κ3) is 2.65. The lowest BCUT2D eigenvalue weighted by molar-refractivity contribution is 0.181. The summed E-state index contributed by atoms with van der Waals surface area (Å²) in [6.07, 6.45) is 3.75. The highest BCUT2D eigenvalue weighted by Crippen LogP contribution is 2.41. The van der Waals surface area contributed by atoms with Gasteiger partial charge in [0.2, 0.25) is 0 Å². The molecular weight excluding hydrogens is 298 g/mol. The zero-order chi connectivity index (χ0) is 14.9. The average Bonchev–Trinajstić information content (AvgIpc) is 2.55. The Hall–Kier alpha value is -2.12. The Kier molecular flexibility index (Phi) is 3.44. The van der Waals surface area contributed by atoms with Crippen LogP contribution in [0.15, 0.2) is 45.5 Å². The van der Waals surface area contributed by atoms with E-state index in [-0.39, 0.29) is 6.10 Å². The molecule has 1 atom stereocenters. The summed E-state index contributed by atoms with van der Waals surface area (Å²) in [6.45, 7) is 1.05. The molecule has 3 heterocycles. The van der Waals surface area contributed by atoms with E-state index in [1.54, 1.807) is 24.2 Å². The van der Waals surface area contributed by atoms with Crippen LogP contribution in [0.1, 0.15) is 5.56 Å². The summed E-state index contributed by atoms with van der Waals surface area (Å²) in [4.78, 5) is 14.1. The Labute approximate surface area is 132 Å². The Bertz CT molecular complexity index is 748. The maximum Gasteiger partial charge on any atom is 0.163 e. The van der Waals surface area contributed by atoms with Crippen LogP contribution in [0.3, 0.4) is 0 Å². The third-order valence-electron chi connectivity index (χ3n) is 3.57. The number of aliphatic hydroxyl groups is 1.